The molecule has 3 aromatic carbocycles. The van der Waals surface area contributed by atoms with Crippen molar-refractivity contribution in [2.75, 3.05) is 6.54 Å². The Labute approximate surface area is 188 Å². The molecule has 1 amide bonds. The average molecular weight is 429 g/mol. The fourth-order valence-corrected chi connectivity index (χ4v) is 3.62. The molecule has 0 saturated carbocycles. The molecule has 164 valence electrons. The van der Waals surface area contributed by atoms with Crippen molar-refractivity contribution in [1.29, 1.82) is 0 Å². The van der Waals surface area contributed by atoms with Gasteiger partial charge in [0.2, 0.25) is 5.91 Å². The van der Waals surface area contributed by atoms with E-state index in [2.05, 4.69) is 5.32 Å². The first-order valence-corrected chi connectivity index (χ1v) is 10.9. The first-order valence-electron chi connectivity index (χ1n) is 10.9. The fourth-order valence-electron chi connectivity index (χ4n) is 3.62. The minimum atomic E-state index is -0.546. The van der Waals surface area contributed by atoms with Gasteiger partial charge in [-0.2, -0.15) is 0 Å². The van der Waals surface area contributed by atoms with Crippen molar-refractivity contribution in [3.63, 3.8) is 0 Å². The molecular weight excluding hydrogens is 400 g/mol. The molecule has 0 aliphatic carbocycles. The van der Waals surface area contributed by atoms with E-state index in [0.29, 0.717) is 32.6 Å². The number of carbonyl (C=O) groups excluding carboxylic acids is 1. The smallest absolute Gasteiger partial charge is 0.237 e. The van der Waals surface area contributed by atoms with Gasteiger partial charge < -0.3 is 20.5 Å². The Hall–Kier alpha value is -3.57. The summed E-state index contributed by atoms with van der Waals surface area (Å²) >= 11 is 0. The second kappa shape index (κ2) is 10.6. The molecule has 3 N–H and O–H groups in total. The summed E-state index contributed by atoms with van der Waals surface area (Å²) in [5.41, 5.74) is 10.2. The van der Waals surface area contributed by atoms with Crippen LogP contribution in [0.1, 0.15) is 28.7 Å². The Morgan fingerprint density at radius 1 is 0.906 bits per heavy atom. The van der Waals surface area contributed by atoms with Crippen LogP contribution in [0.2, 0.25) is 0 Å². The number of amides is 1. The summed E-state index contributed by atoms with van der Waals surface area (Å²) in [4.78, 5) is 12.1. The molecule has 4 rings (SSSR count). The maximum Gasteiger partial charge on any atom is 0.237 e. The molecule has 1 heterocycles. The predicted octanol–water partition coefficient (Wildman–Crippen LogP) is 4.25. The molecular formula is C27H28N2O3. The first-order chi connectivity index (χ1) is 15.7. The van der Waals surface area contributed by atoms with Gasteiger partial charge in [0.1, 0.15) is 24.7 Å². The Bertz CT molecular complexity index is 1070. The number of hydrogen-bond acceptors (Lipinski definition) is 4. The van der Waals surface area contributed by atoms with E-state index in [4.69, 9.17) is 15.2 Å². The highest BCUT2D eigenvalue weighted by molar-refractivity contribution is 5.82. The Morgan fingerprint density at radius 3 is 2.25 bits per heavy atom. The highest BCUT2D eigenvalue weighted by Crippen LogP contribution is 2.32. The minimum absolute atomic E-state index is 0.130. The van der Waals surface area contributed by atoms with E-state index in [1.54, 1.807) is 0 Å². The summed E-state index contributed by atoms with van der Waals surface area (Å²) in [5.74, 6) is 1.37. The van der Waals surface area contributed by atoms with Gasteiger partial charge in [-0.05, 0) is 35.6 Å². The lowest BCUT2D eigenvalue weighted by molar-refractivity contribution is -0.122. The van der Waals surface area contributed by atoms with Crippen molar-refractivity contribution >= 4 is 12.0 Å². The van der Waals surface area contributed by atoms with Crippen LogP contribution in [-0.2, 0) is 24.4 Å². The highest BCUT2D eigenvalue weighted by atomic mass is 16.5. The van der Waals surface area contributed by atoms with Crippen molar-refractivity contribution in [3.8, 4) is 11.5 Å². The molecule has 32 heavy (non-hydrogen) atoms. The maximum atomic E-state index is 12.1. The quantitative estimate of drug-likeness (QED) is 0.616. The summed E-state index contributed by atoms with van der Waals surface area (Å²) in [5, 5.41) is 2.92. The van der Waals surface area contributed by atoms with Gasteiger partial charge >= 0.3 is 0 Å². The predicted molar refractivity (Wildman–Crippen MR) is 126 cm³/mol. The van der Waals surface area contributed by atoms with Crippen molar-refractivity contribution in [2.24, 2.45) is 5.73 Å². The van der Waals surface area contributed by atoms with Crippen LogP contribution in [0.5, 0.6) is 11.5 Å². The Morgan fingerprint density at radius 2 is 1.56 bits per heavy atom. The molecule has 0 saturated heterocycles. The number of fused-ring (bicyclic) bond motifs is 1. The molecule has 0 unspecified atom stereocenters. The standard InChI is InChI=1S/C27H28N2O3/c28-25-13-7-12-24-22(14-15-29-27(25)30)16-23(31-18-20-8-3-1-4-9-20)17-26(24)32-19-21-10-5-2-6-11-21/h1-12,16-17,25H,13-15,18-19,28H2,(H,29,30)/b12-7+/t25-/m0/s1. The van der Waals surface area contributed by atoms with Crippen molar-refractivity contribution < 1.29 is 14.3 Å². The second-order valence-corrected chi connectivity index (χ2v) is 7.83. The summed E-state index contributed by atoms with van der Waals surface area (Å²) in [6, 6.07) is 23.6. The number of benzene rings is 3. The lowest BCUT2D eigenvalue weighted by Gasteiger charge is -2.19. The van der Waals surface area contributed by atoms with Crippen molar-refractivity contribution in [2.45, 2.75) is 32.1 Å². The lowest BCUT2D eigenvalue weighted by atomic mass is 10.00. The van der Waals surface area contributed by atoms with Crippen LogP contribution in [0, 0.1) is 0 Å². The highest BCUT2D eigenvalue weighted by Gasteiger charge is 2.16. The van der Waals surface area contributed by atoms with Gasteiger partial charge in [0.25, 0.3) is 0 Å². The molecule has 1 aliphatic heterocycles. The molecule has 5 nitrogen and oxygen atoms in total. The topological polar surface area (TPSA) is 73.6 Å². The van der Waals surface area contributed by atoms with E-state index < -0.39 is 6.04 Å². The number of rotatable bonds is 6. The molecule has 0 bridgehead atoms. The van der Waals surface area contributed by atoms with Crippen LogP contribution >= 0.6 is 0 Å². The van der Waals surface area contributed by atoms with Crippen LogP contribution in [0.15, 0.2) is 78.9 Å². The normalized spacial score (nSPS) is 17.0. The van der Waals surface area contributed by atoms with Crippen LogP contribution < -0.4 is 20.5 Å². The summed E-state index contributed by atoms with van der Waals surface area (Å²) in [7, 11) is 0. The zero-order chi connectivity index (χ0) is 22.2. The zero-order valence-corrected chi connectivity index (χ0v) is 18.0. The minimum Gasteiger partial charge on any atom is -0.489 e. The number of nitrogens with two attached hydrogens (primary N) is 1. The zero-order valence-electron chi connectivity index (χ0n) is 18.0. The number of ether oxygens (including phenoxy) is 2. The molecule has 1 aliphatic rings. The van der Waals surface area contributed by atoms with E-state index in [9.17, 15) is 4.79 Å². The van der Waals surface area contributed by atoms with Gasteiger partial charge in [-0.15, -0.1) is 0 Å². The van der Waals surface area contributed by atoms with E-state index >= 15 is 0 Å². The average Bonchev–Trinajstić information content (AvgIpc) is 2.83. The first kappa shape index (κ1) is 21.7. The van der Waals surface area contributed by atoms with E-state index in [-0.39, 0.29) is 5.91 Å². The van der Waals surface area contributed by atoms with E-state index in [1.165, 1.54) is 0 Å². The van der Waals surface area contributed by atoms with Crippen LogP contribution in [0.4, 0.5) is 0 Å². The molecule has 0 fully saturated rings. The molecule has 1 atom stereocenters. The van der Waals surface area contributed by atoms with E-state index in [0.717, 1.165) is 33.8 Å². The van der Waals surface area contributed by atoms with Crippen molar-refractivity contribution in [1.82, 2.24) is 5.32 Å². The second-order valence-electron chi connectivity index (χ2n) is 7.83. The van der Waals surface area contributed by atoms with Gasteiger partial charge in [0.05, 0.1) is 6.04 Å². The van der Waals surface area contributed by atoms with Gasteiger partial charge in [-0.3, -0.25) is 4.79 Å². The number of carbonyl (C=O) groups is 1. The van der Waals surface area contributed by atoms with Crippen LogP contribution in [0.3, 0.4) is 0 Å². The van der Waals surface area contributed by atoms with Crippen molar-refractivity contribution in [3.05, 3.63) is 101 Å². The summed E-state index contributed by atoms with van der Waals surface area (Å²) in [6.07, 6.45) is 5.07. The van der Waals surface area contributed by atoms with Gasteiger partial charge in [-0.1, -0.05) is 72.8 Å². The molecule has 0 spiro atoms. The van der Waals surface area contributed by atoms with Gasteiger partial charge in [0, 0.05) is 18.2 Å². The maximum absolute atomic E-state index is 12.1. The number of nitrogens with one attached hydrogen (secondary N) is 1. The van der Waals surface area contributed by atoms with Crippen LogP contribution in [0.25, 0.3) is 6.08 Å². The molecule has 0 radical (unpaired) electrons. The van der Waals surface area contributed by atoms with E-state index in [1.807, 2.05) is 84.9 Å². The lowest BCUT2D eigenvalue weighted by Crippen LogP contribution is -2.41. The molecule has 5 heteroatoms. The third kappa shape index (κ3) is 5.77. The van der Waals surface area contributed by atoms with Gasteiger partial charge in [0.15, 0.2) is 0 Å². The molecule has 0 aromatic heterocycles. The largest absolute Gasteiger partial charge is 0.489 e. The fraction of sp³-hybridized carbons (Fsp3) is 0.222. The van der Waals surface area contributed by atoms with Gasteiger partial charge in [-0.25, -0.2) is 0 Å². The third-order valence-corrected chi connectivity index (χ3v) is 5.39. The summed E-state index contributed by atoms with van der Waals surface area (Å²) in [6.45, 7) is 1.44. The third-order valence-electron chi connectivity index (χ3n) is 5.39. The Kier molecular flexibility index (Phi) is 7.20. The number of hydrogen-bond donors (Lipinski definition) is 2. The van der Waals surface area contributed by atoms with Crippen LogP contribution in [-0.4, -0.2) is 18.5 Å². The monoisotopic (exact) mass is 428 g/mol. The Balaban J connectivity index is 1.63. The molecule has 3 aromatic rings. The SMILES string of the molecule is N[C@H]1C/C=C/c2c(cc(OCc3ccccc3)cc2OCc2ccccc2)CCNC1=O. The summed E-state index contributed by atoms with van der Waals surface area (Å²) < 4.78 is 12.4.